The fourth-order valence-corrected chi connectivity index (χ4v) is 5.48. The van der Waals surface area contributed by atoms with Crippen LogP contribution >= 0.6 is 11.8 Å². The largest absolute Gasteiger partial charge is 0.434 e. The number of anilines is 1. The molecular weight excluding hydrogens is 566 g/mol. The summed E-state index contributed by atoms with van der Waals surface area (Å²) in [6.45, 7) is 1.18. The van der Waals surface area contributed by atoms with Crippen LogP contribution in [0.5, 0.6) is 5.75 Å². The maximum Gasteiger partial charge on any atom is 0.387 e. The molecule has 222 valence electrons. The van der Waals surface area contributed by atoms with Crippen LogP contribution in [-0.2, 0) is 11.3 Å². The first kappa shape index (κ1) is 29.5. The Kier molecular flexibility index (Phi) is 9.02. The molecule has 0 spiro atoms. The Morgan fingerprint density at radius 3 is 2.76 bits per heavy atom. The molecular formula is C28H32F2N8O3S. The topological polar surface area (TPSA) is 110 Å². The van der Waals surface area contributed by atoms with Gasteiger partial charge in [-0.25, -0.2) is 9.50 Å². The summed E-state index contributed by atoms with van der Waals surface area (Å²) in [5.41, 5.74) is 1.23. The lowest BCUT2D eigenvalue weighted by atomic mass is 10.0. The lowest BCUT2D eigenvalue weighted by Gasteiger charge is -2.36. The fourth-order valence-electron chi connectivity index (χ4n) is 5.04. The number of alkyl halides is 2. The zero-order chi connectivity index (χ0) is 29.8. The first-order valence-electron chi connectivity index (χ1n) is 13.6. The Morgan fingerprint density at radius 1 is 1.26 bits per heavy atom. The fraction of sp³-hybridized carbons (Fsp3) is 0.393. The monoisotopic (exact) mass is 598 g/mol. The van der Waals surface area contributed by atoms with Crippen LogP contribution in [0.25, 0.3) is 16.9 Å². The molecule has 0 radical (unpaired) electrons. The second kappa shape index (κ2) is 12.9. The van der Waals surface area contributed by atoms with Gasteiger partial charge in [-0.3, -0.25) is 14.3 Å². The van der Waals surface area contributed by atoms with E-state index in [0.29, 0.717) is 24.8 Å². The maximum atomic E-state index is 13.4. The van der Waals surface area contributed by atoms with Gasteiger partial charge in [0, 0.05) is 48.2 Å². The van der Waals surface area contributed by atoms with E-state index in [1.807, 2.05) is 11.2 Å². The van der Waals surface area contributed by atoms with Crippen LogP contribution in [0.15, 0.2) is 53.9 Å². The summed E-state index contributed by atoms with van der Waals surface area (Å²) in [4.78, 5) is 35.7. The van der Waals surface area contributed by atoms with Gasteiger partial charge in [-0.15, -0.1) is 11.8 Å². The molecule has 1 aliphatic rings. The highest BCUT2D eigenvalue weighted by Crippen LogP contribution is 2.38. The smallest absolute Gasteiger partial charge is 0.387 e. The lowest BCUT2D eigenvalue weighted by Crippen LogP contribution is -2.46. The van der Waals surface area contributed by atoms with E-state index in [9.17, 15) is 18.4 Å². The van der Waals surface area contributed by atoms with Gasteiger partial charge in [0.15, 0.2) is 5.65 Å². The number of nitrogens with zero attached hydrogens (tertiary/aromatic N) is 7. The third kappa shape index (κ3) is 6.39. The van der Waals surface area contributed by atoms with Crippen LogP contribution in [0.1, 0.15) is 30.1 Å². The number of halogens is 2. The van der Waals surface area contributed by atoms with E-state index in [1.54, 1.807) is 30.6 Å². The number of piperidine rings is 1. The molecule has 3 aromatic heterocycles. The first-order chi connectivity index (χ1) is 20.3. The van der Waals surface area contributed by atoms with E-state index in [4.69, 9.17) is 4.74 Å². The van der Waals surface area contributed by atoms with Crippen LogP contribution < -0.4 is 10.1 Å². The molecule has 42 heavy (non-hydrogen) atoms. The third-order valence-electron chi connectivity index (χ3n) is 7.43. The number of rotatable bonds is 10. The molecule has 1 N–H and O–H groups in total. The van der Waals surface area contributed by atoms with E-state index in [2.05, 4.69) is 39.4 Å². The Balaban J connectivity index is 1.46. The van der Waals surface area contributed by atoms with Crippen LogP contribution in [0, 0.1) is 0 Å². The number of aromatic nitrogens is 5. The standard InChI is InChI=1S/C28H32F2N8O3S/c1-4-35(2)18-8-12-36(13-9-18)24(39)17-37-16-22(33-27(40)21-15-32-38-11-5-10-31-26(21)38)25(34-37)20-14-19(42-3)6-7-23(20)41-28(29)30/h5-7,10-11,14-16,18,28H,4,8-9,12-13,17H2,1-3H3,(H,33,40). The van der Waals surface area contributed by atoms with Crippen LogP contribution in [0.4, 0.5) is 14.5 Å². The SMILES string of the molecule is CCN(C)C1CCN(C(=O)Cn2cc(NC(=O)c3cnn4cccnc34)c(-c3cc(SC)ccc3OC(F)F)n2)CC1. The number of thioether (sulfide) groups is 1. The Hall–Kier alpha value is -4.04. The van der Waals surface area contributed by atoms with Crippen LogP contribution in [0.3, 0.4) is 0 Å². The van der Waals surface area contributed by atoms with Crippen molar-refractivity contribution in [3.05, 3.63) is 54.6 Å². The van der Waals surface area contributed by atoms with Crippen molar-refractivity contribution >= 4 is 34.9 Å². The average Bonchev–Trinajstić information content (AvgIpc) is 3.60. The minimum absolute atomic E-state index is 0.0807. The van der Waals surface area contributed by atoms with Crippen molar-refractivity contribution in [2.75, 3.05) is 38.3 Å². The summed E-state index contributed by atoms with van der Waals surface area (Å²) in [5, 5.41) is 11.6. The van der Waals surface area contributed by atoms with Gasteiger partial charge in [-0.05, 0) is 57.0 Å². The van der Waals surface area contributed by atoms with Gasteiger partial charge in [0.1, 0.15) is 23.6 Å². The predicted octanol–water partition coefficient (Wildman–Crippen LogP) is 4.11. The van der Waals surface area contributed by atoms with E-state index in [-0.39, 0.29) is 40.7 Å². The van der Waals surface area contributed by atoms with Gasteiger partial charge in [0.25, 0.3) is 5.91 Å². The summed E-state index contributed by atoms with van der Waals surface area (Å²) in [6.07, 6.45) is 9.75. The van der Waals surface area contributed by atoms with E-state index >= 15 is 0 Å². The van der Waals surface area contributed by atoms with Gasteiger partial charge in [-0.1, -0.05) is 6.92 Å². The summed E-state index contributed by atoms with van der Waals surface area (Å²) >= 11 is 1.42. The predicted molar refractivity (Wildman–Crippen MR) is 155 cm³/mol. The van der Waals surface area contributed by atoms with Crippen molar-refractivity contribution in [3.8, 4) is 17.0 Å². The van der Waals surface area contributed by atoms with Gasteiger partial charge in [-0.2, -0.15) is 19.0 Å². The highest BCUT2D eigenvalue weighted by molar-refractivity contribution is 7.98. The minimum atomic E-state index is -3.06. The summed E-state index contributed by atoms with van der Waals surface area (Å²) < 4.78 is 34.4. The molecule has 0 unspecified atom stereocenters. The molecule has 0 saturated carbocycles. The minimum Gasteiger partial charge on any atom is -0.434 e. The summed E-state index contributed by atoms with van der Waals surface area (Å²) in [7, 11) is 2.09. The van der Waals surface area contributed by atoms with E-state index in [0.717, 1.165) is 24.3 Å². The first-order valence-corrected chi connectivity index (χ1v) is 14.8. The Bertz CT molecular complexity index is 1570. The molecule has 1 saturated heterocycles. The van der Waals surface area contributed by atoms with E-state index < -0.39 is 12.5 Å². The molecule has 0 bridgehead atoms. The molecule has 1 fully saturated rings. The van der Waals surface area contributed by atoms with Crippen LogP contribution in [0.2, 0.25) is 0 Å². The molecule has 0 atom stereocenters. The molecule has 4 aromatic rings. The number of likely N-dealkylation sites (tertiary alicyclic amines) is 1. The van der Waals surface area contributed by atoms with Crippen molar-refractivity contribution in [2.24, 2.45) is 0 Å². The van der Waals surface area contributed by atoms with Crippen molar-refractivity contribution in [1.82, 2.24) is 34.2 Å². The number of nitrogens with one attached hydrogen (secondary N) is 1. The average molecular weight is 599 g/mol. The number of hydrogen-bond donors (Lipinski definition) is 1. The molecule has 0 aliphatic carbocycles. The zero-order valence-electron chi connectivity index (χ0n) is 23.5. The van der Waals surface area contributed by atoms with Crippen molar-refractivity contribution in [3.63, 3.8) is 0 Å². The van der Waals surface area contributed by atoms with Crippen LogP contribution in [-0.4, -0.2) is 91.6 Å². The number of amides is 2. The normalized spacial score (nSPS) is 14.2. The van der Waals surface area contributed by atoms with Gasteiger partial charge >= 0.3 is 6.61 Å². The number of ether oxygens (including phenoxy) is 1. The number of carbonyl (C=O) groups is 2. The highest BCUT2D eigenvalue weighted by atomic mass is 32.2. The molecule has 5 rings (SSSR count). The maximum absolute atomic E-state index is 13.4. The van der Waals surface area contributed by atoms with Gasteiger partial charge < -0.3 is 19.9 Å². The second-order valence-electron chi connectivity index (χ2n) is 9.91. The molecule has 14 heteroatoms. The molecule has 4 heterocycles. The van der Waals surface area contributed by atoms with Gasteiger partial charge in [0.2, 0.25) is 5.91 Å². The number of fused-ring (bicyclic) bond motifs is 1. The zero-order valence-corrected chi connectivity index (χ0v) is 24.4. The molecule has 11 nitrogen and oxygen atoms in total. The summed E-state index contributed by atoms with van der Waals surface area (Å²) in [5.74, 6) is -0.738. The Labute approximate surface area is 245 Å². The number of benzene rings is 1. The van der Waals surface area contributed by atoms with Crippen molar-refractivity contribution < 1.29 is 23.1 Å². The quantitative estimate of drug-likeness (QED) is 0.272. The highest BCUT2D eigenvalue weighted by Gasteiger charge is 2.27. The molecule has 2 amide bonds. The second-order valence-corrected chi connectivity index (χ2v) is 10.8. The van der Waals surface area contributed by atoms with Crippen molar-refractivity contribution in [2.45, 2.75) is 43.9 Å². The number of carbonyl (C=O) groups excluding carboxylic acids is 2. The summed E-state index contributed by atoms with van der Waals surface area (Å²) in [6, 6.07) is 6.89. The van der Waals surface area contributed by atoms with Crippen molar-refractivity contribution in [1.29, 1.82) is 0 Å². The van der Waals surface area contributed by atoms with Gasteiger partial charge in [0.05, 0.1) is 11.9 Å². The molecule has 1 aromatic carbocycles. The Morgan fingerprint density at radius 2 is 2.05 bits per heavy atom. The lowest BCUT2D eigenvalue weighted by molar-refractivity contribution is -0.133. The third-order valence-corrected chi connectivity index (χ3v) is 8.15. The molecule has 1 aliphatic heterocycles. The van der Waals surface area contributed by atoms with E-state index in [1.165, 1.54) is 39.4 Å². The number of hydrogen-bond acceptors (Lipinski definition) is 8.